The minimum Gasteiger partial charge on any atom is -0.355 e. The molecule has 1 aromatic rings. The molecule has 5 nitrogen and oxygen atoms in total. The molecule has 2 N–H and O–H groups in total. The van der Waals surface area contributed by atoms with Gasteiger partial charge in [-0.05, 0) is 12.1 Å². The minimum atomic E-state index is -0.0798. The lowest BCUT2D eigenvalue weighted by Gasteiger charge is -2.36. The summed E-state index contributed by atoms with van der Waals surface area (Å²) < 4.78 is 0. The Morgan fingerprint density at radius 2 is 2.38 bits per heavy atom. The molecule has 1 amide bonds. The molecular weight excluding hydrogens is 204 g/mol. The van der Waals surface area contributed by atoms with Crippen LogP contribution < -0.4 is 15.5 Å². The summed E-state index contributed by atoms with van der Waals surface area (Å²) in [6.45, 7) is 1.95. The van der Waals surface area contributed by atoms with Gasteiger partial charge in [0, 0.05) is 38.9 Å². The zero-order valence-corrected chi connectivity index (χ0v) is 9.53. The number of nitrogens with zero attached hydrogens (tertiary/aromatic N) is 2. The van der Waals surface area contributed by atoms with Crippen LogP contribution in [-0.2, 0) is 0 Å². The van der Waals surface area contributed by atoms with Crippen molar-refractivity contribution in [1.82, 2.24) is 15.6 Å². The molecule has 0 bridgehead atoms. The largest absolute Gasteiger partial charge is 0.355 e. The fourth-order valence-electron chi connectivity index (χ4n) is 1.63. The van der Waals surface area contributed by atoms with Crippen molar-refractivity contribution in [1.29, 1.82) is 0 Å². The van der Waals surface area contributed by atoms with Crippen molar-refractivity contribution < 1.29 is 4.79 Å². The second kappa shape index (κ2) is 4.49. The molecular formula is C11H16N4O. The van der Waals surface area contributed by atoms with Gasteiger partial charge < -0.3 is 15.5 Å². The SMILES string of the molecule is CNC(=O)c1ccnc(N(C)C2CNC2)c1. The monoisotopic (exact) mass is 220 g/mol. The zero-order chi connectivity index (χ0) is 11.5. The smallest absolute Gasteiger partial charge is 0.251 e. The van der Waals surface area contributed by atoms with Crippen LogP contribution >= 0.6 is 0 Å². The molecule has 16 heavy (non-hydrogen) atoms. The number of aromatic nitrogens is 1. The highest BCUT2D eigenvalue weighted by Gasteiger charge is 2.22. The first-order valence-corrected chi connectivity index (χ1v) is 5.34. The molecule has 0 aromatic carbocycles. The molecule has 0 spiro atoms. The Bertz CT molecular complexity index is 389. The highest BCUT2D eigenvalue weighted by atomic mass is 16.1. The fourth-order valence-corrected chi connectivity index (χ4v) is 1.63. The van der Waals surface area contributed by atoms with Gasteiger partial charge in [-0.1, -0.05) is 0 Å². The summed E-state index contributed by atoms with van der Waals surface area (Å²) in [5, 5.41) is 5.82. The highest BCUT2D eigenvalue weighted by Crippen LogP contribution is 2.15. The normalized spacial score (nSPS) is 15.4. The topological polar surface area (TPSA) is 57.3 Å². The first-order chi connectivity index (χ1) is 7.72. The lowest BCUT2D eigenvalue weighted by molar-refractivity contribution is 0.0963. The van der Waals surface area contributed by atoms with E-state index in [1.165, 1.54) is 0 Å². The molecule has 1 aliphatic rings. The summed E-state index contributed by atoms with van der Waals surface area (Å²) in [4.78, 5) is 17.8. The van der Waals surface area contributed by atoms with E-state index >= 15 is 0 Å². The van der Waals surface area contributed by atoms with E-state index in [0.717, 1.165) is 18.9 Å². The van der Waals surface area contributed by atoms with Crippen LogP contribution in [0.2, 0.25) is 0 Å². The third kappa shape index (κ3) is 1.99. The molecule has 0 radical (unpaired) electrons. The summed E-state index contributed by atoms with van der Waals surface area (Å²) in [5.41, 5.74) is 0.645. The van der Waals surface area contributed by atoms with Crippen molar-refractivity contribution in [2.75, 3.05) is 32.1 Å². The molecule has 0 saturated carbocycles. The maximum Gasteiger partial charge on any atom is 0.251 e. The zero-order valence-electron chi connectivity index (χ0n) is 9.53. The van der Waals surface area contributed by atoms with Gasteiger partial charge in [0.25, 0.3) is 5.91 Å². The second-order valence-corrected chi connectivity index (χ2v) is 3.90. The number of likely N-dealkylation sites (N-methyl/N-ethyl adjacent to an activating group) is 1. The van der Waals surface area contributed by atoms with Gasteiger partial charge in [-0.2, -0.15) is 0 Å². The first-order valence-electron chi connectivity index (χ1n) is 5.34. The molecule has 1 saturated heterocycles. The van der Waals surface area contributed by atoms with Gasteiger partial charge in [-0.15, -0.1) is 0 Å². The molecule has 0 aliphatic carbocycles. The lowest BCUT2D eigenvalue weighted by atomic mass is 10.1. The van der Waals surface area contributed by atoms with E-state index in [0.29, 0.717) is 11.6 Å². The maximum absolute atomic E-state index is 11.5. The quantitative estimate of drug-likeness (QED) is 0.744. The molecule has 0 atom stereocenters. The number of carbonyl (C=O) groups excluding carboxylic acids is 1. The Morgan fingerprint density at radius 1 is 1.62 bits per heavy atom. The molecule has 2 heterocycles. The Hall–Kier alpha value is -1.62. The van der Waals surface area contributed by atoms with Crippen molar-refractivity contribution >= 4 is 11.7 Å². The second-order valence-electron chi connectivity index (χ2n) is 3.90. The average Bonchev–Trinajstić information content (AvgIpc) is 2.26. The average molecular weight is 220 g/mol. The number of carbonyl (C=O) groups is 1. The van der Waals surface area contributed by atoms with Gasteiger partial charge in [0.15, 0.2) is 0 Å². The van der Waals surface area contributed by atoms with Crippen LogP contribution in [0.4, 0.5) is 5.82 Å². The minimum absolute atomic E-state index is 0.0798. The van der Waals surface area contributed by atoms with E-state index in [2.05, 4.69) is 20.5 Å². The molecule has 5 heteroatoms. The van der Waals surface area contributed by atoms with Gasteiger partial charge >= 0.3 is 0 Å². The van der Waals surface area contributed by atoms with Crippen LogP contribution in [0.5, 0.6) is 0 Å². The van der Waals surface area contributed by atoms with Gasteiger partial charge in [-0.3, -0.25) is 4.79 Å². The van der Waals surface area contributed by atoms with Gasteiger partial charge in [0.05, 0.1) is 6.04 Å². The number of hydrogen-bond acceptors (Lipinski definition) is 4. The van der Waals surface area contributed by atoms with Crippen molar-refractivity contribution in [2.45, 2.75) is 6.04 Å². The van der Waals surface area contributed by atoms with Crippen LogP contribution in [0.3, 0.4) is 0 Å². The summed E-state index contributed by atoms with van der Waals surface area (Å²) >= 11 is 0. The van der Waals surface area contributed by atoms with E-state index in [9.17, 15) is 4.79 Å². The van der Waals surface area contributed by atoms with Crippen molar-refractivity contribution in [3.8, 4) is 0 Å². The van der Waals surface area contributed by atoms with Crippen LogP contribution in [0.15, 0.2) is 18.3 Å². The van der Waals surface area contributed by atoms with Crippen LogP contribution in [0.1, 0.15) is 10.4 Å². The Balaban J connectivity index is 2.17. The Kier molecular flexibility index (Phi) is 3.05. The third-order valence-corrected chi connectivity index (χ3v) is 2.90. The molecule has 0 unspecified atom stereocenters. The Morgan fingerprint density at radius 3 is 2.94 bits per heavy atom. The van der Waals surface area contributed by atoms with Crippen molar-refractivity contribution in [3.05, 3.63) is 23.9 Å². The van der Waals surface area contributed by atoms with E-state index in [1.807, 2.05) is 13.1 Å². The fraction of sp³-hybridized carbons (Fsp3) is 0.455. The number of rotatable bonds is 3. The number of amides is 1. The number of anilines is 1. The number of hydrogen-bond donors (Lipinski definition) is 2. The Labute approximate surface area is 94.9 Å². The van der Waals surface area contributed by atoms with Crippen LogP contribution in [-0.4, -0.2) is 44.1 Å². The van der Waals surface area contributed by atoms with E-state index < -0.39 is 0 Å². The first kappa shape index (κ1) is 10.9. The molecule has 86 valence electrons. The predicted octanol–water partition coefficient (Wildman–Crippen LogP) is -0.151. The standard InChI is InChI=1S/C11H16N4O/c1-12-11(16)8-3-4-14-10(5-8)15(2)9-6-13-7-9/h3-5,9,13H,6-7H2,1-2H3,(H,12,16). The van der Waals surface area contributed by atoms with Crippen molar-refractivity contribution in [2.24, 2.45) is 0 Å². The summed E-state index contributed by atoms with van der Waals surface area (Å²) in [7, 11) is 3.63. The molecule has 1 aliphatic heterocycles. The summed E-state index contributed by atoms with van der Waals surface area (Å²) in [5.74, 6) is 0.761. The number of nitrogens with one attached hydrogen (secondary N) is 2. The predicted molar refractivity (Wildman–Crippen MR) is 62.7 cm³/mol. The molecule has 1 fully saturated rings. The van der Waals surface area contributed by atoms with Crippen LogP contribution in [0, 0.1) is 0 Å². The lowest BCUT2D eigenvalue weighted by Crippen LogP contribution is -2.56. The van der Waals surface area contributed by atoms with E-state index in [1.54, 1.807) is 19.3 Å². The highest BCUT2D eigenvalue weighted by molar-refractivity contribution is 5.94. The van der Waals surface area contributed by atoms with Crippen LogP contribution in [0.25, 0.3) is 0 Å². The van der Waals surface area contributed by atoms with Gasteiger partial charge in [0.1, 0.15) is 5.82 Å². The summed E-state index contributed by atoms with van der Waals surface area (Å²) in [6.07, 6.45) is 1.67. The van der Waals surface area contributed by atoms with E-state index in [-0.39, 0.29) is 5.91 Å². The van der Waals surface area contributed by atoms with E-state index in [4.69, 9.17) is 0 Å². The molecule has 1 aromatic heterocycles. The number of pyridine rings is 1. The van der Waals surface area contributed by atoms with Crippen molar-refractivity contribution in [3.63, 3.8) is 0 Å². The van der Waals surface area contributed by atoms with Gasteiger partial charge in [-0.25, -0.2) is 4.98 Å². The maximum atomic E-state index is 11.5. The third-order valence-electron chi connectivity index (χ3n) is 2.90. The summed E-state index contributed by atoms with van der Waals surface area (Å²) in [6, 6.07) is 4.01. The van der Waals surface area contributed by atoms with Gasteiger partial charge in [0.2, 0.25) is 0 Å². The molecule has 2 rings (SSSR count).